The molecule has 4 rings (SSSR count). The van der Waals surface area contributed by atoms with Crippen molar-refractivity contribution in [2.75, 3.05) is 17.7 Å². The van der Waals surface area contributed by atoms with Gasteiger partial charge in [0.15, 0.2) is 5.82 Å². The Bertz CT molecular complexity index is 1340. The Morgan fingerprint density at radius 2 is 1.86 bits per heavy atom. The standard InChI is InChI=1S/C19H19N9O.C2HF3O2/c1-20-16-6-8-22-19(24-16)13-10-23-28(11-13)12-18(29)25-17-9-15(26-27(17)2)14-5-3-4-7-21-14;3-2(4,5)1(6)7/h3-11H,12H2,1-2H3,(H,25,29)(H,20,22,24);(H,6,7). The van der Waals surface area contributed by atoms with Gasteiger partial charge in [-0.15, -0.1) is 0 Å². The molecule has 0 saturated heterocycles. The molecule has 3 N–H and O–H groups in total. The van der Waals surface area contributed by atoms with Crippen LogP contribution in [0.2, 0.25) is 0 Å². The number of pyridine rings is 1. The first-order chi connectivity index (χ1) is 17.1. The minimum absolute atomic E-state index is 0.0514. The molecular weight excluding hydrogens is 483 g/mol. The van der Waals surface area contributed by atoms with Crippen molar-refractivity contribution in [3.63, 3.8) is 0 Å². The van der Waals surface area contributed by atoms with Crippen molar-refractivity contribution in [2.45, 2.75) is 12.7 Å². The number of anilines is 2. The van der Waals surface area contributed by atoms with E-state index < -0.39 is 12.1 Å². The van der Waals surface area contributed by atoms with Crippen LogP contribution in [0.1, 0.15) is 0 Å². The van der Waals surface area contributed by atoms with Crippen LogP contribution in [0.3, 0.4) is 0 Å². The van der Waals surface area contributed by atoms with Crippen molar-refractivity contribution in [1.29, 1.82) is 0 Å². The van der Waals surface area contributed by atoms with Crippen LogP contribution in [0, 0.1) is 0 Å². The molecule has 4 heterocycles. The molecule has 0 saturated carbocycles. The van der Waals surface area contributed by atoms with Crippen molar-refractivity contribution in [2.24, 2.45) is 7.05 Å². The van der Waals surface area contributed by atoms with Gasteiger partial charge in [-0.05, 0) is 18.2 Å². The molecule has 0 aliphatic heterocycles. The minimum Gasteiger partial charge on any atom is -0.475 e. The van der Waals surface area contributed by atoms with E-state index in [9.17, 15) is 18.0 Å². The predicted molar refractivity (Wildman–Crippen MR) is 122 cm³/mol. The Balaban J connectivity index is 0.000000454. The molecule has 188 valence electrons. The van der Waals surface area contributed by atoms with Crippen molar-refractivity contribution < 1.29 is 27.9 Å². The van der Waals surface area contributed by atoms with Crippen molar-refractivity contribution in [1.82, 2.24) is 34.5 Å². The fourth-order valence-corrected chi connectivity index (χ4v) is 2.76. The molecule has 0 unspecified atom stereocenters. The summed E-state index contributed by atoms with van der Waals surface area (Å²) in [6.45, 7) is 0.0514. The highest BCUT2D eigenvalue weighted by Crippen LogP contribution is 2.19. The van der Waals surface area contributed by atoms with Gasteiger partial charge in [0.1, 0.15) is 23.9 Å². The van der Waals surface area contributed by atoms with Gasteiger partial charge < -0.3 is 15.7 Å². The maximum absolute atomic E-state index is 12.5. The van der Waals surface area contributed by atoms with Crippen molar-refractivity contribution in [3.05, 3.63) is 55.1 Å². The number of hydrogen-bond acceptors (Lipinski definition) is 8. The molecule has 0 bridgehead atoms. The van der Waals surface area contributed by atoms with E-state index in [-0.39, 0.29) is 12.5 Å². The summed E-state index contributed by atoms with van der Waals surface area (Å²) in [5.41, 5.74) is 2.16. The summed E-state index contributed by atoms with van der Waals surface area (Å²) in [5.74, 6) is -1.16. The molecule has 12 nitrogen and oxygen atoms in total. The number of carbonyl (C=O) groups is 2. The van der Waals surface area contributed by atoms with Gasteiger partial charge in [0, 0.05) is 38.8 Å². The van der Waals surface area contributed by atoms with E-state index in [0.29, 0.717) is 23.2 Å². The van der Waals surface area contributed by atoms with E-state index >= 15 is 0 Å². The third-order valence-corrected chi connectivity index (χ3v) is 4.43. The van der Waals surface area contributed by atoms with Gasteiger partial charge in [-0.2, -0.15) is 23.4 Å². The molecule has 0 spiro atoms. The number of amides is 1. The van der Waals surface area contributed by atoms with E-state index in [1.807, 2.05) is 18.2 Å². The Morgan fingerprint density at radius 3 is 2.50 bits per heavy atom. The molecule has 36 heavy (non-hydrogen) atoms. The number of nitrogens with one attached hydrogen (secondary N) is 2. The van der Waals surface area contributed by atoms with Gasteiger partial charge in [0.25, 0.3) is 0 Å². The monoisotopic (exact) mass is 503 g/mol. The number of nitrogens with zero attached hydrogens (tertiary/aromatic N) is 7. The van der Waals surface area contributed by atoms with Gasteiger partial charge in [0.2, 0.25) is 5.91 Å². The molecule has 0 aliphatic carbocycles. The first kappa shape index (κ1) is 25.8. The maximum Gasteiger partial charge on any atom is 0.490 e. The van der Waals surface area contributed by atoms with Gasteiger partial charge in [-0.1, -0.05) is 6.07 Å². The lowest BCUT2D eigenvalue weighted by Crippen LogP contribution is -2.21. The van der Waals surface area contributed by atoms with E-state index in [0.717, 1.165) is 11.3 Å². The lowest BCUT2D eigenvalue weighted by atomic mass is 10.3. The Morgan fingerprint density at radius 1 is 1.11 bits per heavy atom. The molecule has 0 aromatic carbocycles. The number of halogens is 3. The molecule has 4 aromatic heterocycles. The lowest BCUT2D eigenvalue weighted by molar-refractivity contribution is -0.192. The quantitative estimate of drug-likeness (QED) is 0.360. The number of carboxylic acids is 1. The minimum atomic E-state index is -5.08. The van der Waals surface area contributed by atoms with Crippen LogP contribution >= 0.6 is 0 Å². The normalized spacial score (nSPS) is 10.8. The number of carboxylic acid groups (broad SMARTS) is 1. The number of aryl methyl sites for hydroxylation is 1. The highest BCUT2D eigenvalue weighted by molar-refractivity contribution is 5.90. The molecule has 0 atom stereocenters. The molecule has 1 amide bonds. The van der Waals surface area contributed by atoms with Gasteiger partial charge in [-0.25, -0.2) is 14.8 Å². The summed E-state index contributed by atoms with van der Waals surface area (Å²) in [6.07, 6.45) is 1.65. The van der Waals surface area contributed by atoms with Crippen LogP contribution in [0.5, 0.6) is 0 Å². The highest BCUT2D eigenvalue weighted by atomic mass is 19.4. The number of aromatic nitrogens is 7. The van der Waals surface area contributed by atoms with E-state index in [1.165, 1.54) is 4.68 Å². The number of rotatable bonds is 6. The topological polar surface area (TPSA) is 153 Å². The average molecular weight is 503 g/mol. The predicted octanol–water partition coefficient (Wildman–Crippen LogP) is 2.45. The second-order valence-electron chi connectivity index (χ2n) is 7.05. The first-order valence-corrected chi connectivity index (χ1v) is 10.2. The van der Waals surface area contributed by atoms with Crippen LogP contribution in [-0.4, -0.2) is 64.7 Å². The smallest absolute Gasteiger partial charge is 0.475 e. The van der Waals surface area contributed by atoms with Gasteiger partial charge >= 0.3 is 12.1 Å². The largest absolute Gasteiger partial charge is 0.490 e. The lowest BCUT2D eigenvalue weighted by Gasteiger charge is -2.05. The van der Waals surface area contributed by atoms with Crippen LogP contribution in [0.4, 0.5) is 24.8 Å². The summed E-state index contributed by atoms with van der Waals surface area (Å²) in [4.78, 5) is 34.2. The molecule has 0 fully saturated rings. The van der Waals surface area contributed by atoms with Crippen LogP contribution in [0.25, 0.3) is 22.8 Å². The molecule has 0 aliphatic rings. The molecule has 0 radical (unpaired) electrons. The molecular formula is C21H20F3N9O3. The number of hydrogen-bond donors (Lipinski definition) is 3. The summed E-state index contributed by atoms with van der Waals surface area (Å²) < 4.78 is 34.9. The van der Waals surface area contributed by atoms with E-state index in [2.05, 4.69) is 35.8 Å². The molecule has 15 heteroatoms. The number of carbonyl (C=O) groups excluding carboxylic acids is 1. The van der Waals surface area contributed by atoms with Gasteiger partial charge in [0.05, 0.1) is 17.5 Å². The third kappa shape index (κ3) is 6.85. The van der Waals surface area contributed by atoms with Crippen LogP contribution in [0.15, 0.2) is 55.1 Å². The van der Waals surface area contributed by atoms with E-state index in [1.54, 1.807) is 55.7 Å². The number of alkyl halides is 3. The summed E-state index contributed by atoms with van der Waals surface area (Å²) >= 11 is 0. The van der Waals surface area contributed by atoms with Crippen molar-refractivity contribution in [3.8, 4) is 22.8 Å². The zero-order chi connectivity index (χ0) is 26.3. The fourth-order valence-electron chi connectivity index (χ4n) is 2.76. The highest BCUT2D eigenvalue weighted by Gasteiger charge is 2.38. The maximum atomic E-state index is 12.5. The Labute approximate surface area is 201 Å². The second kappa shape index (κ2) is 11.1. The third-order valence-electron chi connectivity index (χ3n) is 4.43. The van der Waals surface area contributed by atoms with Crippen LogP contribution in [-0.2, 0) is 23.2 Å². The fraction of sp³-hybridized carbons (Fsp3) is 0.190. The zero-order valence-electron chi connectivity index (χ0n) is 18.9. The second-order valence-corrected chi connectivity index (χ2v) is 7.05. The van der Waals surface area contributed by atoms with E-state index in [4.69, 9.17) is 9.90 Å². The zero-order valence-corrected chi connectivity index (χ0v) is 18.9. The Hall–Kier alpha value is -4.82. The summed E-state index contributed by atoms with van der Waals surface area (Å²) in [7, 11) is 3.55. The summed E-state index contributed by atoms with van der Waals surface area (Å²) in [5, 5.41) is 21.6. The Kier molecular flexibility index (Phi) is 7.93. The van der Waals surface area contributed by atoms with Gasteiger partial charge in [-0.3, -0.25) is 19.1 Å². The van der Waals surface area contributed by atoms with Crippen LogP contribution < -0.4 is 10.6 Å². The molecule has 4 aromatic rings. The summed E-state index contributed by atoms with van der Waals surface area (Å²) in [6, 6.07) is 9.15. The average Bonchev–Trinajstić information content (AvgIpc) is 3.46. The van der Waals surface area contributed by atoms with Crippen molar-refractivity contribution >= 4 is 23.5 Å². The number of aliphatic carboxylic acids is 1. The SMILES string of the molecule is CNc1ccnc(-c2cnn(CC(=O)Nc3cc(-c4ccccn4)nn3C)c2)n1.O=C(O)C(F)(F)F. The first-order valence-electron chi connectivity index (χ1n) is 10.2.